The maximum atomic E-state index is 12.3. The van der Waals surface area contributed by atoms with E-state index >= 15 is 0 Å². The minimum Gasteiger partial charge on any atom is -0.338 e. The van der Waals surface area contributed by atoms with Crippen molar-refractivity contribution in [3.05, 3.63) is 0 Å². The van der Waals surface area contributed by atoms with E-state index in [0.717, 1.165) is 25.9 Å². The van der Waals surface area contributed by atoms with Gasteiger partial charge in [-0.15, -0.1) is 0 Å². The van der Waals surface area contributed by atoms with E-state index in [-0.39, 0.29) is 12.1 Å². The van der Waals surface area contributed by atoms with Gasteiger partial charge in [0.05, 0.1) is 12.7 Å². The van der Waals surface area contributed by atoms with Crippen LogP contribution in [0.2, 0.25) is 0 Å². The van der Waals surface area contributed by atoms with E-state index in [1.807, 2.05) is 0 Å². The van der Waals surface area contributed by atoms with Gasteiger partial charge in [0.25, 0.3) is 0 Å². The van der Waals surface area contributed by atoms with Gasteiger partial charge in [0.1, 0.15) is 5.84 Å². The molecule has 0 aliphatic carbocycles. The zero-order valence-electron chi connectivity index (χ0n) is 21.2. The number of amides is 1. The molecule has 0 radical (unpaired) electrons. The van der Waals surface area contributed by atoms with Crippen LogP contribution in [0.1, 0.15) is 143 Å². The van der Waals surface area contributed by atoms with Gasteiger partial charge in [-0.25, -0.2) is 0 Å². The quantitative estimate of drug-likeness (QED) is 0.188. The maximum Gasteiger partial charge on any atom is 0.221 e. The van der Waals surface area contributed by atoms with E-state index < -0.39 is 0 Å². The fraction of sp³-hybridized carbons (Fsp3) is 0.926. The number of hydrogen-bond acceptors (Lipinski definition) is 3. The SMILES string of the molecule is CCCCCCCCCCCC1=NCCN1C(C)NC(=O)CCCCCCCCCC. The third-order valence-corrected chi connectivity index (χ3v) is 6.57. The van der Waals surface area contributed by atoms with E-state index in [1.54, 1.807) is 0 Å². The second kappa shape index (κ2) is 19.6. The van der Waals surface area contributed by atoms with Crippen LogP contribution in [0.15, 0.2) is 4.99 Å². The molecule has 31 heavy (non-hydrogen) atoms. The standard InChI is InChI=1S/C27H53N3O/c1-4-6-8-10-12-14-15-17-19-21-26-28-23-24-30(26)25(3)29-27(31)22-20-18-16-13-11-9-7-5-2/h25H,4-24H2,1-3H3,(H,29,31). The van der Waals surface area contributed by atoms with Gasteiger partial charge in [0, 0.05) is 19.4 Å². The lowest BCUT2D eigenvalue weighted by atomic mass is 10.1. The lowest BCUT2D eigenvalue weighted by Gasteiger charge is -2.28. The molecule has 182 valence electrons. The number of unbranched alkanes of at least 4 members (excludes halogenated alkanes) is 15. The number of rotatable bonds is 21. The van der Waals surface area contributed by atoms with Gasteiger partial charge in [-0.2, -0.15) is 0 Å². The zero-order chi connectivity index (χ0) is 22.6. The minimum atomic E-state index is 0.0707. The summed E-state index contributed by atoms with van der Waals surface area (Å²) in [6, 6.07) is 0. The first-order valence-corrected chi connectivity index (χ1v) is 13.8. The van der Waals surface area contributed by atoms with Crippen LogP contribution in [0.25, 0.3) is 0 Å². The molecule has 0 spiro atoms. The molecule has 1 aliphatic rings. The fourth-order valence-corrected chi connectivity index (χ4v) is 4.54. The topological polar surface area (TPSA) is 44.7 Å². The van der Waals surface area contributed by atoms with Gasteiger partial charge >= 0.3 is 0 Å². The molecule has 0 aromatic heterocycles. The molecular weight excluding hydrogens is 382 g/mol. The molecule has 0 bridgehead atoms. The van der Waals surface area contributed by atoms with Gasteiger partial charge in [-0.05, 0) is 19.8 Å². The number of aliphatic imine (C=N–C) groups is 1. The Labute approximate surface area is 194 Å². The van der Waals surface area contributed by atoms with Gasteiger partial charge < -0.3 is 10.2 Å². The van der Waals surface area contributed by atoms with Crippen LogP contribution >= 0.6 is 0 Å². The molecule has 1 amide bonds. The monoisotopic (exact) mass is 435 g/mol. The van der Waals surface area contributed by atoms with E-state index in [2.05, 4.69) is 31.0 Å². The number of nitrogens with one attached hydrogen (secondary N) is 1. The molecule has 0 saturated heterocycles. The highest BCUT2D eigenvalue weighted by Gasteiger charge is 2.22. The van der Waals surface area contributed by atoms with Crippen molar-refractivity contribution in [3.8, 4) is 0 Å². The highest BCUT2D eigenvalue weighted by Crippen LogP contribution is 2.15. The van der Waals surface area contributed by atoms with Crippen LogP contribution in [0, 0.1) is 0 Å². The second-order valence-corrected chi connectivity index (χ2v) is 9.54. The van der Waals surface area contributed by atoms with E-state index in [0.29, 0.717) is 6.42 Å². The minimum absolute atomic E-state index is 0.0707. The Bertz CT molecular complexity index is 463. The number of amidine groups is 1. The molecule has 1 rings (SSSR count). The first kappa shape index (κ1) is 28.0. The third-order valence-electron chi connectivity index (χ3n) is 6.57. The summed E-state index contributed by atoms with van der Waals surface area (Å²) >= 11 is 0. The summed E-state index contributed by atoms with van der Waals surface area (Å²) in [4.78, 5) is 19.4. The van der Waals surface area contributed by atoms with E-state index in [1.165, 1.54) is 109 Å². The van der Waals surface area contributed by atoms with Crippen LogP contribution < -0.4 is 5.32 Å². The Morgan fingerprint density at radius 3 is 1.84 bits per heavy atom. The Balaban J connectivity index is 2.07. The van der Waals surface area contributed by atoms with Crippen LogP contribution in [0.3, 0.4) is 0 Å². The Kier molecular flexibility index (Phi) is 17.7. The summed E-state index contributed by atoms with van der Waals surface area (Å²) in [5.74, 6) is 1.41. The smallest absolute Gasteiger partial charge is 0.221 e. The summed E-state index contributed by atoms with van der Waals surface area (Å²) in [6.45, 7) is 8.48. The molecular formula is C27H53N3O. The van der Waals surface area contributed by atoms with Crippen LogP contribution in [-0.4, -0.2) is 35.9 Å². The van der Waals surface area contributed by atoms with Crippen molar-refractivity contribution in [3.63, 3.8) is 0 Å². The number of nitrogens with zero attached hydrogens (tertiary/aromatic N) is 2. The molecule has 4 heteroatoms. The highest BCUT2D eigenvalue weighted by atomic mass is 16.1. The first-order chi connectivity index (χ1) is 15.2. The van der Waals surface area contributed by atoms with Crippen molar-refractivity contribution in [1.29, 1.82) is 0 Å². The van der Waals surface area contributed by atoms with Gasteiger partial charge in [-0.1, -0.05) is 110 Å². The number of carbonyl (C=O) groups excluding carboxylic acids is 1. The number of hydrogen-bond donors (Lipinski definition) is 1. The molecule has 1 atom stereocenters. The summed E-state index contributed by atoms with van der Waals surface area (Å²) in [5, 5.41) is 3.21. The maximum absolute atomic E-state index is 12.3. The van der Waals surface area contributed by atoms with Crippen molar-refractivity contribution >= 4 is 11.7 Å². The summed E-state index contributed by atoms with van der Waals surface area (Å²) in [7, 11) is 0. The van der Waals surface area contributed by atoms with Gasteiger partial charge in [0.2, 0.25) is 5.91 Å². The average Bonchev–Trinajstić information content (AvgIpc) is 3.23. The first-order valence-electron chi connectivity index (χ1n) is 13.8. The van der Waals surface area contributed by atoms with Gasteiger partial charge in [0.15, 0.2) is 0 Å². The van der Waals surface area contributed by atoms with Crippen molar-refractivity contribution in [2.24, 2.45) is 4.99 Å². The largest absolute Gasteiger partial charge is 0.338 e. The van der Waals surface area contributed by atoms with Gasteiger partial charge in [-0.3, -0.25) is 9.79 Å². The van der Waals surface area contributed by atoms with Crippen LogP contribution in [0.4, 0.5) is 0 Å². The molecule has 1 N–H and O–H groups in total. The predicted octanol–water partition coefficient (Wildman–Crippen LogP) is 7.61. The molecule has 1 unspecified atom stereocenters. The molecule has 0 fully saturated rings. The molecule has 4 nitrogen and oxygen atoms in total. The summed E-state index contributed by atoms with van der Waals surface area (Å²) < 4.78 is 0. The second-order valence-electron chi connectivity index (χ2n) is 9.54. The Morgan fingerprint density at radius 2 is 1.29 bits per heavy atom. The molecule has 0 saturated carbocycles. The molecule has 1 heterocycles. The van der Waals surface area contributed by atoms with E-state index in [4.69, 9.17) is 4.99 Å². The van der Waals surface area contributed by atoms with Crippen LogP contribution in [-0.2, 0) is 4.79 Å². The Morgan fingerprint density at radius 1 is 0.806 bits per heavy atom. The summed E-state index contributed by atoms with van der Waals surface area (Å²) in [5.41, 5.74) is 0. The normalized spacial score (nSPS) is 14.7. The molecule has 0 aromatic rings. The molecule has 0 aromatic carbocycles. The molecule has 1 aliphatic heterocycles. The van der Waals surface area contributed by atoms with Crippen molar-refractivity contribution < 1.29 is 4.79 Å². The fourth-order valence-electron chi connectivity index (χ4n) is 4.54. The van der Waals surface area contributed by atoms with Crippen LogP contribution in [0.5, 0.6) is 0 Å². The zero-order valence-corrected chi connectivity index (χ0v) is 21.2. The Hall–Kier alpha value is -1.06. The third kappa shape index (κ3) is 14.6. The van der Waals surface area contributed by atoms with Crippen molar-refractivity contribution in [1.82, 2.24) is 10.2 Å². The van der Waals surface area contributed by atoms with Crippen molar-refractivity contribution in [2.75, 3.05) is 13.1 Å². The average molecular weight is 436 g/mol. The number of carbonyl (C=O) groups is 1. The lowest BCUT2D eigenvalue weighted by Crippen LogP contribution is -2.47. The lowest BCUT2D eigenvalue weighted by molar-refractivity contribution is -0.122. The highest BCUT2D eigenvalue weighted by molar-refractivity contribution is 5.84. The van der Waals surface area contributed by atoms with Crippen molar-refractivity contribution in [2.45, 2.75) is 149 Å². The van der Waals surface area contributed by atoms with E-state index in [9.17, 15) is 4.79 Å². The predicted molar refractivity (Wildman–Crippen MR) is 136 cm³/mol. The summed E-state index contributed by atoms with van der Waals surface area (Å²) in [6.07, 6.45) is 24.2.